The molecule has 0 saturated heterocycles. The van der Waals surface area contributed by atoms with Gasteiger partial charge >= 0.3 is 0 Å². The number of aliphatic hydroxyl groups excluding tert-OH is 1. The predicted molar refractivity (Wildman–Crippen MR) is 49.7 cm³/mol. The Bertz CT molecular complexity index is 233. The van der Waals surface area contributed by atoms with Gasteiger partial charge in [-0.1, -0.05) is 12.1 Å². The van der Waals surface area contributed by atoms with E-state index in [-0.39, 0.29) is 0 Å². The number of nitrogen functional groups attached to an aromatic ring is 1. The van der Waals surface area contributed by atoms with Crippen LogP contribution in [0.3, 0.4) is 0 Å². The van der Waals surface area contributed by atoms with Crippen LogP contribution in [0.2, 0.25) is 0 Å². The zero-order chi connectivity index (χ0) is 8.97. The van der Waals surface area contributed by atoms with Crippen molar-refractivity contribution < 1.29 is 5.11 Å². The van der Waals surface area contributed by atoms with Crippen LogP contribution in [-0.2, 0) is 0 Å². The fraction of sp³-hybridized carbons (Fsp3) is 0.333. The molecule has 0 heterocycles. The van der Waals surface area contributed by atoms with Gasteiger partial charge in [0, 0.05) is 12.2 Å². The van der Waals surface area contributed by atoms with Gasteiger partial charge in [0.05, 0.1) is 6.10 Å². The molecule has 66 valence electrons. The zero-order valence-electron chi connectivity index (χ0n) is 7.12. The summed E-state index contributed by atoms with van der Waals surface area (Å²) in [6.45, 7) is 0.559. The fourth-order valence-corrected chi connectivity index (χ4v) is 1.03. The highest BCUT2D eigenvalue weighted by atomic mass is 16.3. The third-order valence-corrected chi connectivity index (χ3v) is 1.72. The average Bonchev–Trinajstić information content (AvgIpc) is 2.06. The Balaban J connectivity index is 2.68. The van der Waals surface area contributed by atoms with E-state index in [0.29, 0.717) is 6.54 Å². The van der Waals surface area contributed by atoms with Gasteiger partial charge in [0.2, 0.25) is 0 Å². The molecule has 1 rings (SSSR count). The monoisotopic (exact) mass is 166 g/mol. The van der Waals surface area contributed by atoms with Crippen molar-refractivity contribution in [2.45, 2.75) is 6.10 Å². The minimum atomic E-state index is -0.449. The molecule has 1 aromatic rings. The second-order valence-electron chi connectivity index (χ2n) is 2.74. The molecule has 0 aliphatic heterocycles. The SMILES string of the molecule is CNCC(O)c1ccc(N)cc1. The smallest absolute Gasteiger partial charge is 0.0914 e. The molecule has 0 spiro atoms. The molecule has 0 radical (unpaired) electrons. The van der Waals surface area contributed by atoms with Gasteiger partial charge in [0.25, 0.3) is 0 Å². The summed E-state index contributed by atoms with van der Waals surface area (Å²) in [4.78, 5) is 0. The summed E-state index contributed by atoms with van der Waals surface area (Å²) in [5, 5.41) is 12.4. The van der Waals surface area contributed by atoms with Crippen LogP contribution in [0.15, 0.2) is 24.3 Å². The molecule has 0 saturated carbocycles. The Hall–Kier alpha value is -1.06. The van der Waals surface area contributed by atoms with Gasteiger partial charge in [-0.15, -0.1) is 0 Å². The average molecular weight is 166 g/mol. The maximum atomic E-state index is 9.51. The number of nitrogens with one attached hydrogen (secondary N) is 1. The number of aliphatic hydroxyl groups is 1. The van der Waals surface area contributed by atoms with Crippen LogP contribution in [0.5, 0.6) is 0 Å². The Labute approximate surface area is 72.2 Å². The first kappa shape index (κ1) is 9.03. The number of benzene rings is 1. The van der Waals surface area contributed by atoms with E-state index < -0.39 is 6.10 Å². The van der Waals surface area contributed by atoms with Gasteiger partial charge in [-0.3, -0.25) is 0 Å². The summed E-state index contributed by atoms with van der Waals surface area (Å²) in [6.07, 6.45) is -0.449. The summed E-state index contributed by atoms with van der Waals surface area (Å²) in [7, 11) is 1.81. The molecule has 0 aromatic heterocycles. The number of rotatable bonds is 3. The number of likely N-dealkylation sites (N-methyl/N-ethyl adjacent to an activating group) is 1. The van der Waals surface area contributed by atoms with Crippen LogP contribution in [-0.4, -0.2) is 18.7 Å². The highest BCUT2D eigenvalue weighted by molar-refractivity contribution is 5.39. The van der Waals surface area contributed by atoms with Gasteiger partial charge < -0.3 is 16.2 Å². The molecule has 3 heteroatoms. The van der Waals surface area contributed by atoms with E-state index in [0.717, 1.165) is 11.3 Å². The van der Waals surface area contributed by atoms with E-state index in [9.17, 15) is 5.11 Å². The van der Waals surface area contributed by atoms with Gasteiger partial charge in [-0.2, -0.15) is 0 Å². The van der Waals surface area contributed by atoms with Crippen LogP contribution < -0.4 is 11.1 Å². The van der Waals surface area contributed by atoms with Gasteiger partial charge in [0.15, 0.2) is 0 Å². The van der Waals surface area contributed by atoms with Crippen molar-refractivity contribution in [3.63, 3.8) is 0 Å². The van der Waals surface area contributed by atoms with Crippen molar-refractivity contribution in [3.8, 4) is 0 Å². The second kappa shape index (κ2) is 4.09. The van der Waals surface area contributed by atoms with Gasteiger partial charge in [-0.05, 0) is 24.7 Å². The first-order chi connectivity index (χ1) is 5.74. The van der Waals surface area contributed by atoms with Crippen LogP contribution in [0.4, 0.5) is 5.69 Å². The quantitative estimate of drug-likeness (QED) is 0.574. The molecule has 4 N–H and O–H groups in total. The van der Waals surface area contributed by atoms with Crippen LogP contribution in [0.25, 0.3) is 0 Å². The zero-order valence-corrected chi connectivity index (χ0v) is 7.12. The largest absolute Gasteiger partial charge is 0.399 e. The second-order valence-corrected chi connectivity index (χ2v) is 2.74. The van der Waals surface area contributed by atoms with Gasteiger partial charge in [-0.25, -0.2) is 0 Å². The number of hydrogen-bond donors (Lipinski definition) is 3. The molecule has 0 aliphatic carbocycles. The molecule has 0 bridgehead atoms. The maximum Gasteiger partial charge on any atom is 0.0914 e. The van der Waals surface area contributed by atoms with E-state index in [2.05, 4.69) is 5.32 Å². The fourth-order valence-electron chi connectivity index (χ4n) is 1.03. The van der Waals surface area contributed by atoms with E-state index in [1.807, 2.05) is 12.1 Å². The highest BCUT2D eigenvalue weighted by Gasteiger charge is 2.04. The standard InChI is InChI=1S/C9H14N2O/c1-11-6-9(12)7-2-4-8(10)5-3-7/h2-5,9,11-12H,6,10H2,1H3. The van der Waals surface area contributed by atoms with Crippen LogP contribution >= 0.6 is 0 Å². The summed E-state index contributed by atoms with van der Waals surface area (Å²) in [6, 6.07) is 7.23. The predicted octanol–water partition coefficient (Wildman–Crippen LogP) is 0.522. The molecular weight excluding hydrogens is 152 g/mol. The van der Waals surface area contributed by atoms with Crippen LogP contribution in [0, 0.1) is 0 Å². The van der Waals surface area contributed by atoms with Crippen molar-refractivity contribution in [1.82, 2.24) is 5.32 Å². The lowest BCUT2D eigenvalue weighted by Gasteiger charge is -2.09. The number of nitrogens with two attached hydrogens (primary N) is 1. The molecule has 1 unspecified atom stereocenters. The third kappa shape index (κ3) is 2.22. The van der Waals surface area contributed by atoms with Gasteiger partial charge in [0.1, 0.15) is 0 Å². The Morgan fingerprint density at radius 3 is 2.50 bits per heavy atom. The summed E-state index contributed by atoms with van der Waals surface area (Å²) in [5.41, 5.74) is 7.11. The molecular formula is C9H14N2O. The van der Waals surface area contributed by atoms with Crippen molar-refractivity contribution in [3.05, 3.63) is 29.8 Å². The lowest BCUT2D eigenvalue weighted by atomic mass is 10.1. The lowest BCUT2D eigenvalue weighted by molar-refractivity contribution is 0.178. The van der Waals surface area contributed by atoms with E-state index in [1.165, 1.54) is 0 Å². The Kier molecular flexibility index (Phi) is 3.08. The normalized spacial score (nSPS) is 12.8. The molecule has 1 aromatic carbocycles. The maximum absolute atomic E-state index is 9.51. The molecule has 0 aliphatic rings. The van der Waals surface area contributed by atoms with Crippen molar-refractivity contribution in [1.29, 1.82) is 0 Å². The van der Waals surface area contributed by atoms with E-state index in [1.54, 1.807) is 19.2 Å². The van der Waals surface area contributed by atoms with Crippen molar-refractivity contribution >= 4 is 5.69 Å². The molecule has 3 nitrogen and oxygen atoms in total. The summed E-state index contributed by atoms with van der Waals surface area (Å²) >= 11 is 0. The molecule has 1 atom stereocenters. The first-order valence-electron chi connectivity index (χ1n) is 3.92. The molecule has 12 heavy (non-hydrogen) atoms. The third-order valence-electron chi connectivity index (χ3n) is 1.72. The summed E-state index contributed by atoms with van der Waals surface area (Å²) in [5.74, 6) is 0. The Morgan fingerprint density at radius 1 is 1.42 bits per heavy atom. The van der Waals surface area contributed by atoms with E-state index >= 15 is 0 Å². The van der Waals surface area contributed by atoms with Crippen LogP contribution in [0.1, 0.15) is 11.7 Å². The molecule has 0 amide bonds. The van der Waals surface area contributed by atoms with Crippen molar-refractivity contribution in [2.24, 2.45) is 0 Å². The topological polar surface area (TPSA) is 58.3 Å². The number of hydrogen-bond acceptors (Lipinski definition) is 3. The Morgan fingerprint density at radius 2 is 2.00 bits per heavy atom. The first-order valence-corrected chi connectivity index (χ1v) is 3.92. The molecule has 0 fully saturated rings. The minimum Gasteiger partial charge on any atom is -0.399 e. The summed E-state index contributed by atoms with van der Waals surface area (Å²) < 4.78 is 0. The number of anilines is 1. The highest BCUT2D eigenvalue weighted by Crippen LogP contribution is 2.13. The van der Waals surface area contributed by atoms with Crippen molar-refractivity contribution in [2.75, 3.05) is 19.3 Å². The minimum absolute atomic E-state index is 0.449. The van der Waals surface area contributed by atoms with E-state index in [4.69, 9.17) is 5.73 Å². The lowest BCUT2D eigenvalue weighted by Crippen LogP contribution is -2.16.